The van der Waals surface area contributed by atoms with Crippen molar-refractivity contribution in [3.8, 4) is 0 Å². The molecule has 3 N–H and O–H groups in total. The van der Waals surface area contributed by atoms with Gasteiger partial charge >= 0.3 is 0 Å². The van der Waals surface area contributed by atoms with Gasteiger partial charge in [-0.15, -0.1) is 5.10 Å². The number of benzene rings is 2. The molecule has 6 rings (SSSR count). The average Bonchev–Trinajstić information content (AvgIpc) is 3.17. The first-order valence-corrected chi connectivity index (χ1v) is 13.8. The fraction of sp³-hybridized carbons (Fsp3) is 0.345. The number of aromatic nitrogens is 3. The van der Waals surface area contributed by atoms with Crippen LogP contribution >= 0.6 is 11.6 Å². The van der Waals surface area contributed by atoms with E-state index in [1.807, 2.05) is 71.8 Å². The molecule has 2 aromatic heterocycles. The minimum atomic E-state index is -0.871. The summed E-state index contributed by atoms with van der Waals surface area (Å²) in [6.45, 7) is 4.66. The number of carbonyl (C=O) groups excluding carboxylic acids is 1. The summed E-state index contributed by atoms with van der Waals surface area (Å²) in [4.78, 5) is 21.8. The van der Waals surface area contributed by atoms with Gasteiger partial charge < -0.3 is 25.5 Å². The Morgan fingerprint density at radius 3 is 2.51 bits per heavy atom. The average molecular weight is 546 g/mol. The molecule has 0 bridgehead atoms. The second kappa shape index (κ2) is 10.8. The van der Waals surface area contributed by atoms with E-state index in [1.54, 1.807) is 4.52 Å². The number of hydrogen-bond donors (Lipinski definition) is 3. The van der Waals surface area contributed by atoms with Crippen LogP contribution in [0.5, 0.6) is 0 Å². The van der Waals surface area contributed by atoms with Gasteiger partial charge in [-0.2, -0.15) is 4.98 Å². The van der Waals surface area contributed by atoms with Gasteiger partial charge in [0.15, 0.2) is 5.65 Å². The third kappa shape index (κ3) is 5.43. The van der Waals surface area contributed by atoms with Crippen molar-refractivity contribution in [2.75, 3.05) is 49.5 Å². The molecular formula is C29H32ClN7O2. The molecule has 0 saturated carbocycles. The minimum absolute atomic E-state index is 0.0604. The van der Waals surface area contributed by atoms with E-state index in [0.717, 1.165) is 55.2 Å². The number of amides is 1. The molecule has 2 aromatic carbocycles. The van der Waals surface area contributed by atoms with Crippen molar-refractivity contribution in [1.82, 2.24) is 24.8 Å². The normalized spacial score (nSPS) is 17.7. The van der Waals surface area contributed by atoms with Gasteiger partial charge in [0.1, 0.15) is 0 Å². The molecule has 0 atom stereocenters. The molecule has 0 aliphatic carbocycles. The van der Waals surface area contributed by atoms with E-state index < -0.39 is 5.60 Å². The highest BCUT2D eigenvalue weighted by molar-refractivity contribution is 6.30. The topological polar surface area (TPSA) is 98.0 Å². The maximum absolute atomic E-state index is 12.9. The fourth-order valence-electron chi connectivity index (χ4n) is 5.41. The Balaban J connectivity index is 1.14. The molecule has 39 heavy (non-hydrogen) atoms. The van der Waals surface area contributed by atoms with Gasteiger partial charge in [0.25, 0.3) is 5.91 Å². The second-order valence-corrected chi connectivity index (χ2v) is 10.7. The zero-order valence-electron chi connectivity index (χ0n) is 21.7. The summed E-state index contributed by atoms with van der Waals surface area (Å²) < 4.78 is 1.77. The number of piperidine rings is 1. The number of aliphatic hydroxyl groups is 1. The van der Waals surface area contributed by atoms with Crippen molar-refractivity contribution in [3.05, 3.63) is 83.0 Å². The number of hydrogen-bond acceptors (Lipinski definition) is 7. The van der Waals surface area contributed by atoms with E-state index >= 15 is 0 Å². The van der Waals surface area contributed by atoms with Crippen LogP contribution < -0.4 is 15.5 Å². The van der Waals surface area contributed by atoms with E-state index in [2.05, 4.69) is 20.6 Å². The molecule has 2 saturated heterocycles. The van der Waals surface area contributed by atoms with Gasteiger partial charge in [-0.3, -0.25) is 4.79 Å². The number of halogens is 1. The first-order chi connectivity index (χ1) is 19.0. The Bertz CT molecular complexity index is 1440. The highest BCUT2D eigenvalue weighted by Crippen LogP contribution is 2.36. The summed E-state index contributed by atoms with van der Waals surface area (Å²) in [5.74, 6) is 0.542. The summed E-state index contributed by atoms with van der Waals surface area (Å²) in [6.07, 6.45) is 4.05. The van der Waals surface area contributed by atoms with Crippen LogP contribution in [-0.4, -0.2) is 69.8 Å². The molecule has 0 radical (unpaired) electrons. The third-order valence-corrected chi connectivity index (χ3v) is 7.92. The molecule has 0 unspecified atom stereocenters. The summed E-state index contributed by atoms with van der Waals surface area (Å²) in [5, 5.41) is 23.2. The molecule has 10 heteroatoms. The van der Waals surface area contributed by atoms with Gasteiger partial charge in [0.05, 0.1) is 11.3 Å². The summed E-state index contributed by atoms with van der Waals surface area (Å²) in [7, 11) is 0. The molecule has 2 aliphatic heterocycles. The lowest BCUT2D eigenvalue weighted by Gasteiger charge is -2.39. The Morgan fingerprint density at radius 1 is 0.974 bits per heavy atom. The summed E-state index contributed by atoms with van der Waals surface area (Å²) in [5.41, 5.74) is 3.24. The van der Waals surface area contributed by atoms with Crippen LogP contribution in [-0.2, 0) is 5.60 Å². The smallest absolute Gasteiger partial charge is 0.253 e. The van der Waals surface area contributed by atoms with E-state index in [9.17, 15) is 9.90 Å². The van der Waals surface area contributed by atoms with Gasteiger partial charge in [-0.25, -0.2) is 4.52 Å². The van der Waals surface area contributed by atoms with E-state index in [1.165, 1.54) is 0 Å². The number of nitrogens with zero attached hydrogens (tertiary/aromatic N) is 5. The SMILES string of the molecule is O=C(c1ccc(Nc2nc3c(N4CCC(O)(c5ccc(Cl)cc5)CC4)cccn3n2)cc1)N1CCCNCC1. The molecule has 2 fully saturated rings. The van der Waals surface area contributed by atoms with Crippen LogP contribution in [0.4, 0.5) is 17.3 Å². The molecular weight excluding hydrogens is 514 g/mol. The Hall–Kier alpha value is -3.66. The highest BCUT2D eigenvalue weighted by atomic mass is 35.5. The predicted molar refractivity (Wildman–Crippen MR) is 153 cm³/mol. The highest BCUT2D eigenvalue weighted by Gasteiger charge is 2.34. The number of pyridine rings is 1. The van der Waals surface area contributed by atoms with Gasteiger partial charge in [-0.05, 0) is 79.9 Å². The molecule has 202 valence electrons. The summed E-state index contributed by atoms with van der Waals surface area (Å²) in [6, 6.07) is 18.9. The molecule has 4 aromatic rings. The zero-order chi connectivity index (χ0) is 26.8. The largest absolute Gasteiger partial charge is 0.385 e. The molecule has 2 aliphatic rings. The third-order valence-electron chi connectivity index (χ3n) is 7.67. The van der Waals surface area contributed by atoms with Crippen molar-refractivity contribution in [1.29, 1.82) is 0 Å². The lowest BCUT2D eigenvalue weighted by atomic mass is 9.84. The van der Waals surface area contributed by atoms with Crippen molar-refractivity contribution in [2.45, 2.75) is 24.9 Å². The van der Waals surface area contributed by atoms with Crippen LogP contribution in [0.1, 0.15) is 35.2 Å². The van der Waals surface area contributed by atoms with E-state index in [-0.39, 0.29) is 5.91 Å². The van der Waals surface area contributed by atoms with E-state index in [0.29, 0.717) is 42.5 Å². The number of carbonyl (C=O) groups is 1. The number of anilines is 3. The second-order valence-electron chi connectivity index (χ2n) is 10.2. The van der Waals surface area contributed by atoms with Gasteiger partial charge in [-0.1, -0.05) is 23.7 Å². The van der Waals surface area contributed by atoms with Crippen LogP contribution in [0.15, 0.2) is 66.9 Å². The van der Waals surface area contributed by atoms with Crippen molar-refractivity contribution in [3.63, 3.8) is 0 Å². The molecule has 9 nitrogen and oxygen atoms in total. The monoisotopic (exact) mass is 545 g/mol. The summed E-state index contributed by atoms with van der Waals surface area (Å²) >= 11 is 6.03. The lowest BCUT2D eigenvalue weighted by molar-refractivity contribution is 0.0118. The van der Waals surface area contributed by atoms with Crippen molar-refractivity contribution in [2.24, 2.45) is 0 Å². The molecule has 0 spiro atoms. The van der Waals surface area contributed by atoms with Crippen molar-refractivity contribution >= 4 is 40.5 Å². The first-order valence-electron chi connectivity index (χ1n) is 13.4. The zero-order valence-corrected chi connectivity index (χ0v) is 22.4. The Morgan fingerprint density at radius 2 is 1.74 bits per heavy atom. The van der Waals surface area contributed by atoms with Crippen LogP contribution in [0.3, 0.4) is 0 Å². The maximum Gasteiger partial charge on any atom is 0.253 e. The number of rotatable bonds is 5. The Kier molecular flexibility index (Phi) is 7.12. The quantitative estimate of drug-likeness (QED) is 0.348. The fourth-order valence-corrected chi connectivity index (χ4v) is 5.54. The lowest BCUT2D eigenvalue weighted by Crippen LogP contribution is -2.42. The predicted octanol–water partition coefficient (Wildman–Crippen LogP) is 4.05. The Labute approximate surface area is 232 Å². The van der Waals surface area contributed by atoms with E-state index in [4.69, 9.17) is 16.6 Å². The standard InChI is InChI=1S/C29H32ClN7O2/c30-23-8-6-22(7-9-23)29(39)12-18-35(19-13-29)25-3-1-17-37-26(25)33-28(34-37)32-24-10-4-21(5-11-24)27(38)36-16-2-14-31-15-20-36/h1,3-11,17,31,39H,2,12-16,18-20H2,(H,32,34). The minimum Gasteiger partial charge on any atom is -0.385 e. The van der Waals surface area contributed by atoms with Crippen molar-refractivity contribution < 1.29 is 9.90 Å². The number of nitrogens with one attached hydrogen (secondary N) is 2. The number of fused-ring (bicyclic) bond motifs is 1. The van der Waals surface area contributed by atoms with Crippen LogP contribution in [0, 0.1) is 0 Å². The van der Waals surface area contributed by atoms with Gasteiger partial charge in [0.2, 0.25) is 5.95 Å². The van der Waals surface area contributed by atoms with Crippen LogP contribution in [0.2, 0.25) is 5.02 Å². The maximum atomic E-state index is 12.9. The van der Waals surface area contributed by atoms with Crippen LogP contribution in [0.25, 0.3) is 5.65 Å². The van der Waals surface area contributed by atoms with Gasteiger partial charge in [0, 0.05) is 55.2 Å². The first kappa shape index (κ1) is 25.6. The molecule has 1 amide bonds. The molecule has 4 heterocycles.